The minimum absolute atomic E-state index is 0.586. The maximum atomic E-state index is 5.33. The van der Waals surface area contributed by atoms with Gasteiger partial charge in [0, 0.05) is 24.9 Å². The Labute approximate surface area is 133 Å². The highest BCUT2D eigenvalue weighted by atomic mass is 32.2. The zero-order valence-corrected chi connectivity index (χ0v) is 14.2. The largest absolute Gasteiger partial charge is 0.377 e. The van der Waals surface area contributed by atoms with Gasteiger partial charge in [0.15, 0.2) is 5.96 Å². The van der Waals surface area contributed by atoms with E-state index >= 15 is 0 Å². The van der Waals surface area contributed by atoms with E-state index in [4.69, 9.17) is 4.74 Å². The van der Waals surface area contributed by atoms with Gasteiger partial charge in [0.25, 0.3) is 0 Å². The van der Waals surface area contributed by atoms with Gasteiger partial charge in [-0.25, -0.2) is 0 Å². The molecule has 2 rings (SSSR count). The highest BCUT2D eigenvalue weighted by Crippen LogP contribution is 2.29. The van der Waals surface area contributed by atoms with Crippen molar-refractivity contribution in [1.29, 1.82) is 0 Å². The van der Waals surface area contributed by atoms with Crippen molar-refractivity contribution >= 4 is 17.7 Å². The summed E-state index contributed by atoms with van der Waals surface area (Å²) < 4.78 is 5.33. The summed E-state index contributed by atoms with van der Waals surface area (Å²) in [6, 6.07) is 0.586. The van der Waals surface area contributed by atoms with Crippen LogP contribution in [0, 0.1) is 0 Å². The molecule has 0 radical (unpaired) electrons. The molecule has 0 bridgehead atoms. The van der Waals surface area contributed by atoms with Gasteiger partial charge in [0.1, 0.15) is 0 Å². The number of ether oxygens (including phenoxy) is 1. The molecule has 2 unspecified atom stereocenters. The third-order valence-corrected chi connectivity index (χ3v) is 5.38. The van der Waals surface area contributed by atoms with Crippen molar-refractivity contribution in [2.45, 2.75) is 50.3 Å². The Hall–Kier alpha value is -0.680. The van der Waals surface area contributed by atoms with E-state index in [0.29, 0.717) is 6.04 Å². The average molecular weight is 311 g/mol. The lowest BCUT2D eigenvalue weighted by atomic mass is 10.1. The number of rotatable bonds is 6. The fraction of sp³-hybridized carbons (Fsp3) is 0.812. The van der Waals surface area contributed by atoms with Crippen LogP contribution >= 0.6 is 11.8 Å². The van der Waals surface area contributed by atoms with Crippen LogP contribution in [0.15, 0.2) is 16.6 Å². The molecule has 2 atom stereocenters. The monoisotopic (exact) mass is 311 g/mol. The molecule has 1 aliphatic heterocycles. The first kappa shape index (κ1) is 16.7. The molecular formula is C16H29N3OS. The third-order valence-electron chi connectivity index (χ3n) is 4.15. The molecule has 0 aromatic heterocycles. The van der Waals surface area contributed by atoms with Gasteiger partial charge < -0.3 is 15.4 Å². The molecule has 1 heterocycles. The summed E-state index contributed by atoms with van der Waals surface area (Å²) in [5, 5.41) is 7.85. The number of aliphatic imine (C=N–C) groups is 1. The lowest BCUT2D eigenvalue weighted by Gasteiger charge is -2.18. The molecule has 1 fully saturated rings. The molecule has 0 spiro atoms. The van der Waals surface area contributed by atoms with E-state index in [2.05, 4.69) is 40.4 Å². The highest BCUT2D eigenvalue weighted by molar-refractivity contribution is 7.99. The van der Waals surface area contributed by atoms with E-state index in [-0.39, 0.29) is 0 Å². The summed E-state index contributed by atoms with van der Waals surface area (Å²) in [5.74, 6) is 2.18. The van der Waals surface area contributed by atoms with Crippen molar-refractivity contribution in [3.8, 4) is 0 Å². The maximum absolute atomic E-state index is 5.33. The molecular weight excluding hydrogens is 282 g/mol. The van der Waals surface area contributed by atoms with Crippen molar-refractivity contribution in [3.63, 3.8) is 0 Å². The summed E-state index contributed by atoms with van der Waals surface area (Å²) in [7, 11) is 1.86. The van der Waals surface area contributed by atoms with E-state index in [1.54, 1.807) is 0 Å². The molecule has 21 heavy (non-hydrogen) atoms. The van der Waals surface area contributed by atoms with E-state index in [1.807, 2.05) is 7.05 Å². The number of nitrogens with zero attached hydrogens (tertiary/aromatic N) is 1. The van der Waals surface area contributed by atoms with Crippen LogP contribution in [0.4, 0.5) is 0 Å². The van der Waals surface area contributed by atoms with Gasteiger partial charge in [-0.05, 0) is 37.9 Å². The zero-order valence-electron chi connectivity index (χ0n) is 13.4. The Kier molecular flexibility index (Phi) is 7.44. The summed E-state index contributed by atoms with van der Waals surface area (Å²) in [6.07, 6.45) is 8.24. The fourth-order valence-corrected chi connectivity index (χ4v) is 4.12. The maximum Gasteiger partial charge on any atom is 0.191 e. The van der Waals surface area contributed by atoms with Gasteiger partial charge >= 0.3 is 0 Å². The number of hydrogen-bond acceptors (Lipinski definition) is 3. The van der Waals surface area contributed by atoms with E-state index < -0.39 is 0 Å². The second kappa shape index (κ2) is 9.36. The first-order valence-electron chi connectivity index (χ1n) is 8.16. The molecule has 5 heteroatoms. The Bertz CT molecular complexity index is 371. The van der Waals surface area contributed by atoms with Crippen molar-refractivity contribution in [2.75, 3.05) is 32.6 Å². The topological polar surface area (TPSA) is 45.7 Å². The number of nitrogens with one attached hydrogen (secondary N) is 2. The van der Waals surface area contributed by atoms with Gasteiger partial charge in [0.05, 0.1) is 13.2 Å². The standard InChI is InChI=1S/C16H29N3OS/c1-3-21-15-5-4-14(12-15)19-16(17-2)18-9-6-13-7-10-20-11-8-13/h7,14-15H,3-6,8-12H2,1-2H3,(H2,17,18,19). The summed E-state index contributed by atoms with van der Waals surface area (Å²) in [5.41, 5.74) is 1.50. The minimum atomic E-state index is 0.586. The predicted octanol–water partition coefficient (Wildman–Crippen LogP) is 2.56. The Morgan fingerprint density at radius 1 is 1.48 bits per heavy atom. The van der Waals surface area contributed by atoms with E-state index in [9.17, 15) is 0 Å². The lowest BCUT2D eigenvalue weighted by Crippen LogP contribution is -2.43. The first-order valence-corrected chi connectivity index (χ1v) is 9.21. The lowest BCUT2D eigenvalue weighted by molar-refractivity contribution is 0.153. The number of thioether (sulfide) groups is 1. The summed E-state index contributed by atoms with van der Waals surface area (Å²) in [4.78, 5) is 4.35. The third kappa shape index (κ3) is 5.91. The Balaban J connectivity index is 1.65. The van der Waals surface area contributed by atoms with Gasteiger partial charge in [-0.3, -0.25) is 4.99 Å². The van der Waals surface area contributed by atoms with Crippen molar-refractivity contribution < 1.29 is 4.74 Å². The second-order valence-electron chi connectivity index (χ2n) is 5.67. The van der Waals surface area contributed by atoms with Gasteiger partial charge in [0.2, 0.25) is 0 Å². The molecule has 0 amide bonds. The van der Waals surface area contributed by atoms with Crippen molar-refractivity contribution in [1.82, 2.24) is 10.6 Å². The van der Waals surface area contributed by atoms with Crippen LogP contribution in [0.5, 0.6) is 0 Å². The van der Waals surface area contributed by atoms with Crippen LogP contribution in [0.2, 0.25) is 0 Å². The van der Waals surface area contributed by atoms with Crippen molar-refractivity contribution in [2.24, 2.45) is 4.99 Å². The number of hydrogen-bond donors (Lipinski definition) is 2. The quantitative estimate of drug-likeness (QED) is 0.449. The Morgan fingerprint density at radius 2 is 2.38 bits per heavy atom. The number of guanidine groups is 1. The Morgan fingerprint density at radius 3 is 3.10 bits per heavy atom. The zero-order chi connectivity index (χ0) is 14.9. The second-order valence-corrected chi connectivity index (χ2v) is 7.25. The van der Waals surface area contributed by atoms with Crippen LogP contribution in [-0.2, 0) is 4.74 Å². The predicted molar refractivity (Wildman–Crippen MR) is 92.2 cm³/mol. The van der Waals surface area contributed by atoms with Crippen LogP contribution in [0.25, 0.3) is 0 Å². The smallest absolute Gasteiger partial charge is 0.191 e. The SMILES string of the molecule is CCSC1CCC(NC(=NC)NCCC2=CCOCC2)C1. The van der Waals surface area contributed by atoms with E-state index in [1.165, 1.54) is 30.6 Å². The molecule has 1 aliphatic carbocycles. The van der Waals surface area contributed by atoms with Crippen molar-refractivity contribution in [3.05, 3.63) is 11.6 Å². The van der Waals surface area contributed by atoms with Gasteiger partial charge in [-0.2, -0.15) is 11.8 Å². The molecule has 0 saturated heterocycles. The molecule has 2 N–H and O–H groups in total. The molecule has 2 aliphatic rings. The van der Waals surface area contributed by atoms with E-state index in [0.717, 1.165) is 43.8 Å². The summed E-state index contributed by atoms with van der Waals surface area (Å²) in [6.45, 7) is 4.85. The molecule has 0 aromatic rings. The molecule has 4 nitrogen and oxygen atoms in total. The van der Waals surface area contributed by atoms with Gasteiger partial charge in [-0.15, -0.1) is 0 Å². The van der Waals surface area contributed by atoms with Crippen LogP contribution < -0.4 is 10.6 Å². The van der Waals surface area contributed by atoms with Gasteiger partial charge in [-0.1, -0.05) is 18.6 Å². The highest BCUT2D eigenvalue weighted by Gasteiger charge is 2.24. The average Bonchev–Trinajstić information content (AvgIpc) is 2.95. The molecule has 1 saturated carbocycles. The van der Waals surface area contributed by atoms with Crippen LogP contribution in [0.1, 0.15) is 39.0 Å². The summed E-state index contributed by atoms with van der Waals surface area (Å²) >= 11 is 2.09. The molecule has 120 valence electrons. The van der Waals surface area contributed by atoms with Crippen LogP contribution in [-0.4, -0.2) is 49.8 Å². The van der Waals surface area contributed by atoms with Crippen LogP contribution in [0.3, 0.4) is 0 Å². The first-order chi connectivity index (χ1) is 10.3. The normalized spacial score (nSPS) is 26.6. The fourth-order valence-electron chi connectivity index (χ4n) is 2.98. The minimum Gasteiger partial charge on any atom is -0.377 e. The molecule has 0 aromatic carbocycles.